The first kappa shape index (κ1) is 18.3. The van der Waals surface area contributed by atoms with Crippen LogP contribution in [0.4, 0.5) is 13.2 Å². The Morgan fingerprint density at radius 3 is 2.73 bits per heavy atom. The normalized spacial score (nSPS) is 17.0. The third-order valence-electron chi connectivity index (χ3n) is 4.57. The van der Waals surface area contributed by atoms with Crippen molar-refractivity contribution in [2.75, 3.05) is 19.8 Å². The summed E-state index contributed by atoms with van der Waals surface area (Å²) in [6, 6.07) is 5.29. The lowest BCUT2D eigenvalue weighted by atomic mass is 9.73. The number of rotatable bonds is 5. The van der Waals surface area contributed by atoms with Gasteiger partial charge in [0.25, 0.3) is 0 Å². The van der Waals surface area contributed by atoms with Crippen LogP contribution >= 0.6 is 0 Å². The molecule has 0 aliphatic carbocycles. The highest BCUT2D eigenvalue weighted by atomic mass is 19.4. The van der Waals surface area contributed by atoms with Crippen LogP contribution in [0.3, 0.4) is 0 Å². The summed E-state index contributed by atoms with van der Waals surface area (Å²) in [5, 5.41) is 13.3. The topological polar surface area (TPSA) is 81.9 Å². The van der Waals surface area contributed by atoms with Gasteiger partial charge in [0.05, 0.1) is 5.56 Å². The van der Waals surface area contributed by atoms with Gasteiger partial charge in [0, 0.05) is 25.2 Å². The zero-order valence-corrected chi connectivity index (χ0v) is 13.9. The molecule has 1 amide bonds. The van der Waals surface area contributed by atoms with Crippen molar-refractivity contribution in [3.8, 4) is 0 Å². The van der Waals surface area contributed by atoms with Crippen molar-refractivity contribution < 1.29 is 22.7 Å². The van der Waals surface area contributed by atoms with Crippen LogP contribution < -0.4 is 5.32 Å². The third kappa shape index (κ3) is 4.18. The van der Waals surface area contributed by atoms with Crippen LogP contribution in [0.5, 0.6) is 0 Å². The van der Waals surface area contributed by atoms with Crippen LogP contribution in [0, 0.1) is 0 Å². The number of aromatic nitrogens is 4. The quantitative estimate of drug-likeness (QED) is 0.865. The van der Waals surface area contributed by atoms with Crippen molar-refractivity contribution in [3.63, 3.8) is 0 Å². The maximum atomic E-state index is 13.1. The van der Waals surface area contributed by atoms with Gasteiger partial charge < -0.3 is 10.1 Å². The first-order valence-electron chi connectivity index (χ1n) is 8.12. The van der Waals surface area contributed by atoms with E-state index in [9.17, 15) is 18.0 Å². The second kappa shape index (κ2) is 7.40. The van der Waals surface area contributed by atoms with E-state index < -0.39 is 17.2 Å². The molecule has 0 unspecified atom stereocenters. The second-order valence-corrected chi connectivity index (χ2v) is 6.26. The van der Waals surface area contributed by atoms with E-state index in [2.05, 4.69) is 20.8 Å². The molecule has 1 saturated heterocycles. The highest BCUT2D eigenvalue weighted by Crippen LogP contribution is 2.37. The number of carbonyl (C=O) groups is 1. The number of nitrogens with one attached hydrogen (secondary N) is 1. The van der Waals surface area contributed by atoms with E-state index in [4.69, 9.17) is 4.74 Å². The zero-order chi connectivity index (χ0) is 18.6. The first-order valence-corrected chi connectivity index (χ1v) is 8.12. The smallest absolute Gasteiger partial charge is 0.381 e. The van der Waals surface area contributed by atoms with Gasteiger partial charge in [0.1, 0.15) is 12.9 Å². The monoisotopic (exact) mass is 369 g/mol. The number of amides is 1. The molecule has 140 valence electrons. The van der Waals surface area contributed by atoms with Crippen molar-refractivity contribution in [2.24, 2.45) is 0 Å². The Kier molecular flexibility index (Phi) is 5.21. The van der Waals surface area contributed by atoms with Crippen LogP contribution in [-0.2, 0) is 27.7 Å². The summed E-state index contributed by atoms with van der Waals surface area (Å²) in [5.74, 6) is -0.310. The second-order valence-electron chi connectivity index (χ2n) is 6.26. The molecule has 1 aliphatic heterocycles. The standard InChI is InChI=1S/C16H18F3N5O2/c17-16(18,19)13-3-1-2-12(8-13)15(4-6-26-7-5-15)10-20-14(25)9-24-11-21-22-23-24/h1-3,8,11H,4-7,9-10H2,(H,20,25). The van der Waals surface area contributed by atoms with Gasteiger partial charge in [-0.3, -0.25) is 4.79 Å². The lowest BCUT2D eigenvalue weighted by Crippen LogP contribution is -2.45. The average Bonchev–Trinajstić information content (AvgIpc) is 3.13. The van der Waals surface area contributed by atoms with Crippen LogP contribution in [0.1, 0.15) is 24.0 Å². The fourth-order valence-corrected chi connectivity index (χ4v) is 3.08. The number of benzene rings is 1. The molecule has 10 heteroatoms. The molecular formula is C16H18F3N5O2. The van der Waals surface area contributed by atoms with Gasteiger partial charge in [-0.25, -0.2) is 4.68 Å². The molecule has 0 bridgehead atoms. The fraction of sp³-hybridized carbons (Fsp3) is 0.500. The average molecular weight is 369 g/mol. The van der Waals surface area contributed by atoms with Gasteiger partial charge in [0.2, 0.25) is 5.91 Å². The Morgan fingerprint density at radius 2 is 2.08 bits per heavy atom. The zero-order valence-electron chi connectivity index (χ0n) is 13.9. The van der Waals surface area contributed by atoms with Gasteiger partial charge in [-0.05, 0) is 34.9 Å². The van der Waals surface area contributed by atoms with E-state index in [1.54, 1.807) is 6.07 Å². The molecule has 26 heavy (non-hydrogen) atoms. The molecule has 3 rings (SSSR count). The molecule has 2 heterocycles. The van der Waals surface area contributed by atoms with Crippen LogP contribution in [0.25, 0.3) is 0 Å². The Bertz CT molecular complexity index is 743. The number of hydrogen-bond donors (Lipinski definition) is 1. The number of ether oxygens (including phenoxy) is 1. The number of tetrazole rings is 1. The summed E-state index contributed by atoms with van der Waals surface area (Å²) in [5.41, 5.74) is -0.741. The molecule has 1 N–H and O–H groups in total. The van der Waals surface area contributed by atoms with Crippen LogP contribution in [0.2, 0.25) is 0 Å². The van der Waals surface area contributed by atoms with E-state index >= 15 is 0 Å². The van der Waals surface area contributed by atoms with E-state index in [0.717, 1.165) is 6.07 Å². The maximum Gasteiger partial charge on any atom is 0.416 e. The van der Waals surface area contributed by atoms with Gasteiger partial charge in [-0.15, -0.1) is 5.10 Å². The molecule has 0 radical (unpaired) electrons. The van der Waals surface area contributed by atoms with Crippen LogP contribution in [0.15, 0.2) is 30.6 Å². The highest BCUT2D eigenvalue weighted by Gasteiger charge is 2.37. The number of alkyl halides is 3. The molecule has 1 aromatic carbocycles. The highest BCUT2D eigenvalue weighted by molar-refractivity contribution is 5.75. The summed E-state index contributed by atoms with van der Waals surface area (Å²) in [6.07, 6.45) is -2.04. The van der Waals surface area contributed by atoms with E-state index in [-0.39, 0.29) is 19.0 Å². The third-order valence-corrected chi connectivity index (χ3v) is 4.57. The number of carbonyl (C=O) groups excluding carboxylic acids is 1. The van der Waals surface area contributed by atoms with Crippen molar-refractivity contribution in [2.45, 2.75) is 31.0 Å². The fourth-order valence-electron chi connectivity index (χ4n) is 3.08. The van der Waals surface area contributed by atoms with Gasteiger partial charge >= 0.3 is 6.18 Å². The van der Waals surface area contributed by atoms with Gasteiger partial charge in [0.15, 0.2) is 0 Å². The molecule has 1 fully saturated rings. The van der Waals surface area contributed by atoms with Crippen molar-refractivity contribution >= 4 is 5.91 Å². The molecule has 0 atom stereocenters. The van der Waals surface area contributed by atoms with Gasteiger partial charge in [-0.1, -0.05) is 18.2 Å². The molecule has 1 aromatic heterocycles. The number of nitrogens with zero attached hydrogens (tertiary/aromatic N) is 4. The molecule has 0 saturated carbocycles. The molecule has 0 spiro atoms. The molecule has 2 aromatic rings. The summed E-state index contributed by atoms with van der Waals surface area (Å²) < 4.78 is 45.9. The SMILES string of the molecule is O=C(Cn1cnnn1)NCC1(c2cccc(C(F)(F)F)c2)CCOCC1. The lowest BCUT2D eigenvalue weighted by molar-refractivity contribution is -0.137. The van der Waals surface area contributed by atoms with Crippen LogP contribution in [-0.4, -0.2) is 45.9 Å². The van der Waals surface area contributed by atoms with E-state index in [0.29, 0.717) is 31.6 Å². The maximum absolute atomic E-state index is 13.1. The summed E-state index contributed by atoms with van der Waals surface area (Å²) in [4.78, 5) is 12.1. The largest absolute Gasteiger partial charge is 0.416 e. The number of hydrogen-bond acceptors (Lipinski definition) is 5. The van der Waals surface area contributed by atoms with Crippen molar-refractivity contribution in [3.05, 3.63) is 41.7 Å². The van der Waals surface area contributed by atoms with Gasteiger partial charge in [-0.2, -0.15) is 13.2 Å². The van der Waals surface area contributed by atoms with Crippen molar-refractivity contribution in [1.82, 2.24) is 25.5 Å². The first-order chi connectivity index (χ1) is 12.4. The Balaban J connectivity index is 1.77. The molecule has 7 nitrogen and oxygen atoms in total. The van der Waals surface area contributed by atoms with E-state index in [1.165, 1.54) is 23.1 Å². The Morgan fingerprint density at radius 1 is 1.31 bits per heavy atom. The lowest BCUT2D eigenvalue weighted by Gasteiger charge is -2.38. The summed E-state index contributed by atoms with van der Waals surface area (Å²) >= 11 is 0. The minimum absolute atomic E-state index is 0.0534. The predicted molar refractivity (Wildman–Crippen MR) is 84.0 cm³/mol. The number of halogens is 3. The van der Waals surface area contributed by atoms with Crippen molar-refractivity contribution in [1.29, 1.82) is 0 Å². The van der Waals surface area contributed by atoms with E-state index in [1.807, 2.05) is 0 Å². The Hall–Kier alpha value is -2.49. The summed E-state index contributed by atoms with van der Waals surface area (Å²) in [7, 11) is 0. The Labute approximate surface area is 147 Å². The molecular weight excluding hydrogens is 351 g/mol. The predicted octanol–water partition coefficient (Wildman–Crippen LogP) is 1.56. The minimum atomic E-state index is -4.41. The minimum Gasteiger partial charge on any atom is -0.381 e. The summed E-state index contributed by atoms with van der Waals surface area (Å²) in [6.45, 7) is 1.03. The molecule has 1 aliphatic rings.